The molecule has 0 saturated carbocycles. The minimum absolute atomic E-state index is 0.0225. The van der Waals surface area contributed by atoms with Crippen LogP contribution in [-0.2, 0) is 20.0 Å². The molecule has 0 saturated heterocycles. The van der Waals surface area contributed by atoms with Gasteiger partial charge in [0.25, 0.3) is 10.0 Å². The molecule has 2 aromatic rings. The van der Waals surface area contributed by atoms with Crippen molar-refractivity contribution in [2.24, 2.45) is 0 Å². The molecule has 0 spiro atoms. The van der Waals surface area contributed by atoms with Crippen molar-refractivity contribution >= 4 is 37.3 Å². The molecule has 0 amide bonds. The van der Waals surface area contributed by atoms with E-state index >= 15 is 0 Å². The van der Waals surface area contributed by atoms with E-state index in [0.29, 0.717) is 5.02 Å². The lowest BCUT2D eigenvalue weighted by Gasteiger charge is -2.09. The molecule has 2 aromatic carbocycles. The zero-order valence-corrected chi connectivity index (χ0v) is 14.5. The van der Waals surface area contributed by atoms with E-state index in [-0.39, 0.29) is 22.0 Å². The lowest BCUT2D eigenvalue weighted by atomic mass is 10.3. The van der Waals surface area contributed by atoms with Gasteiger partial charge >= 0.3 is 0 Å². The molecule has 124 valence electrons. The largest absolute Gasteiger partial charge is 0.280 e. The van der Waals surface area contributed by atoms with Gasteiger partial charge in [-0.1, -0.05) is 24.6 Å². The highest BCUT2D eigenvalue weighted by atomic mass is 35.5. The van der Waals surface area contributed by atoms with Crippen molar-refractivity contribution in [3.8, 4) is 0 Å². The van der Waals surface area contributed by atoms with E-state index in [4.69, 9.17) is 11.6 Å². The highest BCUT2D eigenvalue weighted by Crippen LogP contribution is 2.20. The smallest absolute Gasteiger partial charge is 0.261 e. The maximum absolute atomic E-state index is 12.2. The maximum Gasteiger partial charge on any atom is 0.261 e. The highest BCUT2D eigenvalue weighted by molar-refractivity contribution is 7.92. The van der Waals surface area contributed by atoms with Gasteiger partial charge in [0.15, 0.2) is 0 Å². The molecule has 6 nitrogen and oxygen atoms in total. The SMILES string of the molecule is CCNS(=O)(=O)c1ccc(NS(=O)(=O)c2cccc(Cl)c2)cc1. The predicted octanol–water partition coefficient (Wildman–Crippen LogP) is 2.44. The molecule has 0 aliphatic rings. The number of benzene rings is 2. The van der Waals surface area contributed by atoms with Crippen LogP contribution in [0.15, 0.2) is 58.3 Å². The van der Waals surface area contributed by atoms with Crippen molar-refractivity contribution in [1.29, 1.82) is 0 Å². The summed E-state index contributed by atoms with van der Waals surface area (Å²) in [4.78, 5) is 0.0828. The summed E-state index contributed by atoms with van der Waals surface area (Å²) in [5, 5.41) is 0.306. The highest BCUT2D eigenvalue weighted by Gasteiger charge is 2.16. The Labute approximate surface area is 140 Å². The lowest BCUT2D eigenvalue weighted by molar-refractivity contribution is 0.584. The fraction of sp³-hybridized carbons (Fsp3) is 0.143. The standard InChI is InChI=1S/C14H15ClN2O4S2/c1-2-16-22(18,19)13-8-6-12(7-9-13)17-23(20,21)14-5-3-4-11(15)10-14/h3-10,16-17H,2H2,1H3. The quantitative estimate of drug-likeness (QED) is 0.812. The summed E-state index contributed by atoms with van der Waals surface area (Å²) in [6.07, 6.45) is 0. The third kappa shape index (κ3) is 4.44. The van der Waals surface area contributed by atoms with Crippen LogP contribution in [0.3, 0.4) is 0 Å². The van der Waals surface area contributed by atoms with Gasteiger partial charge in [-0.15, -0.1) is 0 Å². The van der Waals surface area contributed by atoms with Crippen LogP contribution in [0.1, 0.15) is 6.92 Å². The van der Waals surface area contributed by atoms with E-state index in [1.165, 1.54) is 42.5 Å². The van der Waals surface area contributed by atoms with Crippen LogP contribution in [0.2, 0.25) is 5.02 Å². The van der Waals surface area contributed by atoms with Gasteiger partial charge in [-0.2, -0.15) is 0 Å². The monoisotopic (exact) mass is 374 g/mol. The van der Waals surface area contributed by atoms with Gasteiger partial charge in [-0.25, -0.2) is 21.6 Å². The second-order valence-electron chi connectivity index (χ2n) is 4.59. The summed E-state index contributed by atoms with van der Waals surface area (Å²) in [6.45, 7) is 1.94. The van der Waals surface area contributed by atoms with Crippen LogP contribution >= 0.6 is 11.6 Å². The molecular formula is C14H15ClN2O4S2. The summed E-state index contributed by atoms with van der Waals surface area (Å²) >= 11 is 5.79. The molecule has 0 heterocycles. The Hall–Kier alpha value is -1.61. The van der Waals surface area contributed by atoms with Crippen LogP contribution in [0.4, 0.5) is 5.69 Å². The molecule has 0 radical (unpaired) electrons. The van der Waals surface area contributed by atoms with Crippen molar-refractivity contribution in [3.63, 3.8) is 0 Å². The first-order valence-corrected chi connectivity index (χ1v) is 9.97. The molecular weight excluding hydrogens is 360 g/mol. The van der Waals surface area contributed by atoms with Crippen LogP contribution in [-0.4, -0.2) is 23.4 Å². The average molecular weight is 375 g/mol. The first-order chi connectivity index (χ1) is 10.7. The molecule has 9 heteroatoms. The number of nitrogens with one attached hydrogen (secondary N) is 2. The first kappa shape index (κ1) is 17.7. The maximum atomic E-state index is 12.2. The number of hydrogen-bond acceptors (Lipinski definition) is 4. The Morgan fingerprint density at radius 2 is 1.57 bits per heavy atom. The second-order valence-corrected chi connectivity index (χ2v) is 8.47. The van der Waals surface area contributed by atoms with E-state index in [9.17, 15) is 16.8 Å². The number of sulfonamides is 2. The van der Waals surface area contributed by atoms with Gasteiger partial charge in [-0.3, -0.25) is 4.72 Å². The molecule has 2 rings (SSSR count). The van der Waals surface area contributed by atoms with Gasteiger partial charge in [0.2, 0.25) is 10.0 Å². The minimum Gasteiger partial charge on any atom is -0.280 e. The first-order valence-electron chi connectivity index (χ1n) is 6.63. The molecule has 0 aromatic heterocycles. The third-order valence-corrected chi connectivity index (χ3v) is 6.03. The Morgan fingerprint density at radius 1 is 0.913 bits per heavy atom. The molecule has 2 N–H and O–H groups in total. The molecule has 0 bridgehead atoms. The van der Waals surface area contributed by atoms with Gasteiger partial charge in [0.05, 0.1) is 9.79 Å². The van der Waals surface area contributed by atoms with Gasteiger partial charge in [0, 0.05) is 17.3 Å². The Morgan fingerprint density at radius 3 is 2.13 bits per heavy atom. The summed E-state index contributed by atoms with van der Waals surface area (Å²) in [5.41, 5.74) is 0.250. The second kappa shape index (κ2) is 6.88. The normalized spacial score (nSPS) is 12.1. The Bertz CT molecular complexity index is 895. The fourth-order valence-electron chi connectivity index (χ4n) is 1.82. The molecule has 0 atom stereocenters. The Balaban J connectivity index is 2.24. The molecule has 0 fully saturated rings. The van der Waals surface area contributed by atoms with E-state index < -0.39 is 20.0 Å². The van der Waals surface area contributed by atoms with Crippen molar-refractivity contribution in [2.75, 3.05) is 11.3 Å². The molecule has 0 unspecified atom stereocenters. The van der Waals surface area contributed by atoms with Crippen molar-refractivity contribution in [3.05, 3.63) is 53.6 Å². The lowest BCUT2D eigenvalue weighted by Crippen LogP contribution is -2.23. The van der Waals surface area contributed by atoms with Gasteiger partial charge in [-0.05, 0) is 42.5 Å². The van der Waals surface area contributed by atoms with Crippen LogP contribution in [0.5, 0.6) is 0 Å². The van der Waals surface area contributed by atoms with E-state index in [1.807, 2.05) is 0 Å². The van der Waals surface area contributed by atoms with Crippen molar-refractivity contribution in [1.82, 2.24) is 4.72 Å². The number of hydrogen-bond donors (Lipinski definition) is 2. The summed E-state index contributed by atoms with van der Waals surface area (Å²) in [5.74, 6) is 0. The van der Waals surface area contributed by atoms with E-state index in [0.717, 1.165) is 0 Å². The van der Waals surface area contributed by atoms with Gasteiger partial charge in [0.1, 0.15) is 0 Å². The minimum atomic E-state index is -3.79. The fourth-order valence-corrected chi connectivity index (χ4v) is 4.22. The predicted molar refractivity (Wildman–Crippen MR) is 89.6 cm³/mol. The summed E-state index contributed by atoms with van der Waals surface area (Å²) < 4.78 is 52.8. The topological polar surface area (TPSA) is 92.3 Å². The van der Waals surface area contributed by atoms with Crippen molar-refractivity contribution in [2.45, 2.75) is 16.7 Å². The Kier molecular flexibility index (Phi) is 5.30. The van der Waals surface area contributed by atoms with E-state index in [1.54, 1.807) is 13.0 Å². The van der Waals surface area contributed by atoms with Crippen LogP contribution < -0.4 is 9.44 Å². The van der Waals surface area contributed by atoms with Gasteiger partial charge < -0.3 is 0 Å². The van der Waals surface area contributed by atoms with Crippen molar-refractivity contribution < 1.29 is 16.8 Å². The average Bonchev–Trinajstić information content (AvgIpc) is 2.47. The molecule has 23 heavy (non-hydrogen) atoms. The van der Waals surface area contributed by atoms with Crippen LogP contribution in [0, 0.1) is 0 Å². The number of anilines is 1. The zero-order valence-electron chi connectivity index (χ0n) is 12.2. The number of halogens is 1. The molecule has 0 aliphatic heterocycles. The number of rotatable bonds is 6. The third-order valence-electron chi connectivity index (χ3n) is 2.86. The zero-order chi connectivity index (χ0) is 17.1. The van der Waals surface area contributed by atoms with Crippen LogP contribution in [0.25, 0.3) is 0 Å². The molecule has 0 aliphatic carbocycles. The summed E-state index contributed by atoms with van der Waals surface area (Å²) in [7, 11) is -7.37. The van der Waals surface area contributed by atoms with E-state index in [2.05, 4.69) is 9.44 Å². The summed E-state index contributed by atoms with van der Waals surface area (Å²) in [6, 6.07) is 11.3.